The van der Waals surface area contributed by atoms with Gasteiger partial charge in [-0.15, -0.1) is 11.3 Å². The Balaban J connectivity index is 1.42. The summed E-state index contributed by atoms with van der Waals surface area (Å²) in [6.45, 7) is 1.74. The average Bonchev–Trinajstić information content (AvgIpc) is 3.32. The molecule has 2 amide bonds. The van der Waals surface area contributed by atoms with Crippen molar-refractivity contribution in [2.75, 3.05) is 33.7 Å². The molecule has 1 N–H and O–H groups in total. The summed E-state index contributed by atoms with van der Waals surface area (Å²) in [6.07, 6.45) is 1.66. The molecule has 2 atom stereocenters. The highest BCUT2D eigenvalue weighted by molar-refractivity contribution is 7.10. The summed E-state index contributed by atoms with van der Waals surface area (Å²) in [6, 6.07) is 18.1. The number of likely N-dealkylation sites (tertiary alicyclic amines) is 1. The van der Waals surface area contributed by atoms with Gasteiger partial charge < -0.3 is 15.1 Å². The second-order valence-electron chi connectivity index (χ2n) is 8.36. The van der Waals surface area contributed by atoms with E-state index in [2.05, 4.69) is 21.7 Å². The molecule has 2 heterocycles. The number of nitrogens with zero attached hydrogens (tertiary/aromatic N) is 2. The van der Waals surface area contributed by atoms with Gasteiger partial charge in [0, 0.05) is 30.1 Å². The highest BCUT2D eigenvalue weighted by Gasteiger charge is 2.30. The SMILES string of the molecule is CN(C)C(CNC(=O)C1CCCN(C(=O)c2cccc3ccccc23)C1)c1cccs1. The van der Waals surface area contributed by atoms with E-state index in [0.29, 0.717) is 25.2 Å². The topological polar surface area (TPSA) is 52.7 Å². The second-order valence-corrected chi connectivity index (χ2v) is 9.34. The fourth-order valence-electron chi connectivity index (χ4n) is 4.32. The van der Waals surface area contributed by atoms with Gasteiger partial charge in [0.15, 0.2) is 0 Å². The zero-order valence-electron chi connectivity index (χ0n) is 18.1. The van der Waals surface area contributed by atoms with Crippen LogP contribution in [-0.2, 0) is 4.79 Å². The van der Waals surface area contributed by atoms with Gasteiger partial charge in [-0.1, -0.05) is 42.5 Å². The van der Waals surface area contributed by atoms with Crippen LogP contribution in [-0.4, -0.2) is 55.3 Å². The van der Waals surface area contributed by atoms with Gasteiger partial charge >= 0.3 is 0 Å². The zero-order chi connectivity index (χ0) is 21.8. The van der Waals surface area contributed by atoms with Crippen molar-refractivity contribution in [3.05, 3.63) is 70.4 Å². The minimum absolute atomic E-state index is 0.0130. The van der Waals surface area contributed by atoms with Gasteiger partial charge in [-0.05, 0) is 55.2 Å². The molecule has 0 aliphatic carbocycles. The van der Waals surface area contributed by atoms with Crippen LogP contribution >= 0.6 is 11.3 Å². The number of hydrogen-bond donors (Lipinski definition) is 1. The van der Waals surface area contributed by atoms with E-state index in [1.54, 1.807) is 11.3 Å². The molecule has 0 radical (unpaired) electrons. The van der Waals surface area contributed by atoms with Crippen LogP contribution in [0.1, 0.15) is 34.1 Å². The third-order valence-corrected chi connectivity index (χ3v) is 7.04. The van der Waals surface area contributed by atoms with Crippen molar-refractivity contribution in [3.63, 3.8) is 0 Å². The molecule has 162 valence electrons. The monoisotopic (exact) mass is 435 g/mol. The Labute approximate surface area is 187 Å². The summed E-state index contributed by atoms with van der Waals surface area (Å²) in [4.78, 5) is 31.4. The largest absolute Gasteiger partial charge is 0.354 e. The first-order valence-corrected chi connectivity index (χ1v) is 11.7. The molecule has 5 nitrogen and oxygen atoms in total. The molecule has 1 aromatic heterocycles. The van der Waals surface area contributed by atoms with Crippen LogP contribution in [0.2, 0.25) is 0 Å². The molecule has 4 rings (SSSR count). The van der Waals surface area contributed by atoms with E-state index in [0.717, 1.165) is 23.6 Å². The van der Waals surface area contributed by atoms with E-state index < -0.39 is 0 Å². The van der Waals surface area contributed by atoms with Crippen molar-refractivity contribution in [3.8, 4) is 0 Å². The number of carbonyl (C=O) groups is 2. The van der Waals surface area contributed by atoms with E-state index in [-0.39, 0.29) is 23.8 Å². The first-order valence-electron chi connectivity index (χ1n) is 10.8. The first kappa shape index (κ1) is 21.5. The lowest BCUT2D eigenvalue weighted by Gasteiger charge is -2.33. The van der Waals surface area contributed by atoms with Gasteiger partial charge in [0.25, 0.3) is 5.91 Å². The number of benzene rings is 2. The Bertz CT molecular complexity index is 1040. The molecule has 3 aromatic rings. The highest BCUT2D eigenvalue weighted by Crippen LogP contribution is 2.25. The molecule has 1 fully saturated rings. The van der Waals surface area contributed by atoms with E-state index in [1.807, 2.05) is 67.5 Å². The highest BCUT2D eigenvalue weighted by atomic mass is 32.1. The molecular weight excluding hydrogens is 406 g/mol. The molecule has 1 aliphatic heterocycles. The number of hydrogen-bond acceptors (Lipinski definition) is 4. The Kier molecular flexibility index (Phi) is 6.68. The predicted octanol–water partition coefficient (Wildman–Crippen LogP) is 4.17. The average molecular weight is 436 g/mol. The van der Waals surface area contributed by atoms with Crippen molar-refractivity contribution in [2.24, 2.45) is 5.92 Å². The molecule has 2 unspecified atom stereocenters. The van der Waals surface area contributed by atoms with Crippen LogP contribution in [0.15, 0.2) is 60.0 Å². The van der Waals surface area contributed by atoms with Crippen LogP contribution in [0, 0.1) is 5.92 Å². The van der Waals surface area contributed by atoms with Gasteiger partial charge in [0.1, 0.15) is 0 Å². The zero-order valence-corrected chi connectivity index (χ0v) is 18.9. The number of rotatable bonds is 6. The Morgan fingerprint density at radius 2 is 1.94 bits per heavy atom. The molecular formula is C25H29N3O2S. The molecule has 0 bridgehead atoms. The molecule has 1 aliphatic rings. The van der Waals surface area contributed by atoms with E-state index in [4.69, 9.17) is 0 Å². The molecule has 1 saturated heterocycles. The molecule has 2 aromatic carbocycles. The van der Waals surface area contributed by atoms with Crippen molar-refractivity contribution in [1.29, 1.82) is 0 Å². The number of amides is 2. The lowest BCUT2D eigenvalue weighted by Crippen LogP contribution is -2.46. The van der Waals surface area contributed by atoms with Crippen LogP contribution in [0.3, 0.4) is 0 Å². The predicted molar refractivity (Wildman–Crippen MR) is 126 cm³/mol. The maximum absolute atomic E-state index is 13.3. The molecule has 31 heavy (non-hydrogen) atoms. The summed E-state index contributed by atoms with van der Waals surface area (Å²) in [5, 5.41) is 7.22. The smallest absolute Gasteiger partial charge is 0.254 e. The van der Waals surface area contributed by atoms with E-state index in [1.165, 1.54) is 4.88 Å². The Hall–Kier alpha value is -2.70. The number of nitrogens with one attached hydrogen (secondary N) is 1. The molecule has 6 heteroatoms. The van der Waals surface area contributed by atoms with Crippen LogP contribution in [0.5, 0.6) is 0 Å². The fraction of sp³-hybridized carbons (Fsp3) is 0.360. The van der Waals surface area contributed by atoms with Gasteiger partial charge in [-0.25, -0.2) is 0 Å². The minimum Gasteiger partial charge on any atom is -0.354 e. The second kappa shape index (κ2) is 9.62. The first-order chi connectivity index (χ1) is 15.0. The van der Waals surface area contributed by atoms with Crippen molar-refractivity contribution >= 4 is 33.9 Å². The van der Waals surface area contributed by atoms with E-state index in [9.17, 15) is 9.59 Å². The summed E-state index contributed by atoms with van der Waals surface area (Å²) in [7, 11) is 4.06. The van der Waals surface area contributed by atoms with Crippen molar-refractivity contribution in [1.82, 2.24) is 15.1 Å². The van der Waals surface area contributed by atoms with Gasteiger partial charge in [0.2, 0.25) is 5.91 Å². The Morgan fingerprint density at radius 3 is 2.71 bits per heavy atom. The lowest BCUT2D eigenvalue weighted by molar-refractivity contribution is -0.126. The quantitative estimate of drug-likeness (QED) is 0.632. The van der Waals surface area contributed by atoms with Gasteiger partial charge in [-0.2, -0.15) is 0 Å². The molecule has 0 spiro atoms. The maximum atomic E-state index is 13.3. The lowest BCUT2D eigenvalue weighted by atomic mass is 9.95. The number of carbonyl (C=O) groups excluding carboxylic acids is 2. The maximum Gasteiger partial charge on any atom is 0.254 e. The third kappa shape index (κ3) is 4.81. The normalized spacial score (nSPS) is 17.6. The summed E-state index contributed by atoms with van der Waals surface area (Å²) in [5.41, 5.74) is 0.713. The van der Waals surface area contributed by atoms with Crippen LogP contribution in [0.4, 0.5) is 0 Å². The minimum atomic E-state index is -0.168. The number of fused-ring (bicyclic) bond motifs is 1. The van der Waals surface area contributed by atoms with Crippen molar-refractivity contribution < 1.29 is 9.59 Å². The standard InChI is InChI=1S/C25H29N3O2S/c1-27(2)22(23-13-7-15-31-23)16-26-24(29)19-10-6-14-28(17-19)25(30)21-12-5-9-18-8-3-4-11-20(18)21/h3-5,7-9,11-13,15,19,22H,6,10,14,16-17H2,1-2H3,(H,26,29). The van der Waals surface area contributed by atoms with Crippen molar-refractivity contribution in [2.45, 2.75) is 18.9 Å². The number of piperidine rings is 1. The summed E-state index contributed by atoms with van der Waals surface area (Å²) < 4.78 is 0. The van der Waals surface area contributed by atoms with Gasteiger partial charge in [-0.3, -0.25) is 9.59 Å². The van der Waals surface area contributed by atoms with Crippen LogP contribution in [0.25, 0.3) is 10.8 Å². The number of likely N-dealkylation sites (N-methyl/N-ethyl adjacent to an activating group) is 1. The summed E-state index contributed by atoms with van der Waals surface area (Å²) >= 11 is 1.70. The Morgan fingerprint density at radius 1 is 1.13 bits per heavy atom. The third-order valence-electron chi connectivity index (χ3n) is 6.06. The number of thiophene rings is 1. The summed E-state index contributed by atoms with van der Waals surface area (Å²) in [5.74, 6) is -0.114. The molecule has 0 saturated carbocycles. The fourth-order valence-corrected chi connectivity index (χ4v) is 5.24. The van der Waals surface area contributed by atoms with E-state index >= 15 is 0 Å². The van der Waals surface area contributed by atoms with Crippen LogP contribution < -0.4 is 5.32 Å². The van der Waals surface area contributed by atoms with Gasteiger partial charge in [0.05, 0.1) is 12.0 Å².